The zero-order valence-corrected chi connectivity index (χ0v) is 11.1. The lowest BCUT2D eigenvalue weighted by atomic mass is 10.1. The van der Waals surface area contributed by atoms with Crippen LogP contribution in [0.5, 0.6) is 17.2 Å². The van der Waals surface area contributed by atoms with Gasteiger partial charge in [-0.05, 0) is 18.2 Å². The number of benzene rings is 1. The number of anilines is 1. The molecular weight excluding hydrogens is 268 g/mol. The Morgan fingerprint density at radius 2 is 2.00 bits per heavy atom. The summed E-state index contributed by atoms with van der Waals surface area (Å²) in [5.74, 6) is 2.01. The molecule has 19 heavy (non-hydrogen) atoms. The Balaban J connectivity index is 0.00000133. The lowest BCUT2D eigenvalue weighted by Gasteiger charge is -2.10. The Labute approximate surface area is 116 Å². The monoisotopic (exact) mass is 280 g/mol. The summed E-state index contributed by atoms with van der Waals surface area (Å²) in [5.41, 5.74) is 7.99. The molecule has 0 atom stereocenters. The highest BCUT2D eigenvalue weighted by Gasteiger charge is 2.20. The molecule has 100 valence electrons. The van der Waals surface area contributed by atoms with Crippen LogP contribution in [0, 0.1) is 0 Å². The third kappa shape index (κ3) is 2.24. The molecule has 2 N–H and O–H groups in total. The Bertz CT molecular complexity index is 604. The third-order valence-corrected chi connectivity index (χ3v) is 2.79. The van der Waals surface area contributed by atoms with Gasteiger partial charge < -0.3 is 19.9 Å². The number of ether oxygens (including phenoxy) is 3. The summed E-state index contributed by atoms with van der Waals surface area (Å²) < 4.78 is 16.0. The van der Waals surface area contributed by atoms with Crippen molar-refractivity contribution in [3.05, 3.63) is 30.5 Å². The molecule has 1 aromatic heterocycles. The molecular formula is C13H13ClN2O3. The van der Waals surface area contributed by atoms with E-state index >= 15 is 0 Å². The van der Waals surface area contributed by atoms with Gasteiger partial charge in [0, 0.05) is 17.8 Å². The molecule has 2 heterocycles. The fourth-order valence-electron chi connectivity index (χ4n) is 1.92. The van der Waals surface area contributed by atoms with Crippen molar-refractivity contribution in [2.24, 2.45) is 0 Å². The summed E-state index contributed by atoms with van der Waals surface area (Å²) in [6.45, 7) is 0.222. The maximum Gasteiger partial charge on any atom is 0.231 e. The number of pyridine rings is 1. The van der Waals surface area contributed by atoms with Gasteiger partial charge in [-0.3, -0.25) is 4.98 Å². The highest BCUT2D eigenvalue weighted by Crippen LogP contribution is 2.42. The number of hydrogen-bond acceptors (Lipinski definition) is 5. The van der Waals surface area contributed by atoms with Crippen molar-refractivity contribution in [3.63, 3.8) is 0 Å². The highest BCUT2D eigenvalue weighted by molar-refractivity contribution is 5.85. The average Bonchev–Trinajstić information content (AvgIpc) is 2.85. The van der Waals surface area contributed by atoms with Gasteiger partial charge in [0.1, 0.15) is 5.75 Å². The molecule has 0 unspecified atom stereocenters. The summed E-state index contributed by atoms with van der Waals surface area (Å²) in [4.78, 5) is 4.28. The molecule has 5 nitrogen and oxygen atoms in total. The highest BCUT2D eigenvalue weighted by atomic mass is 35.5. The molecule has 1 aliphatic rings. The predicted octanol–water partition coefficient (Wildman–Crippen LogP) is 2.49. The molecule has 0 aliphatic carbocycles. The molecule has 0 spiro atoms. The van der Waals surface area contributed by atoms with Gasteiger partial charge in [0.2, 0.25) is 6.79 Å². The van der Waals surface area contributed by atoms with Crippen LogP contribution in [0.1, 0.15) is 0 Å². The van der Waals surface area contributed by atoms with Crippen LogP contribution in [-0.2, 0) is 0 Å². The van der Waals surface area contributed by atoms with E-state index in [1.54, 1.807) is 31.5 Å². The minimum Gasteiger partial charge on any atom is -0.496 e. The number of aromatic nitrogens is 1. The summed E-state index contributed by atoms with van der Waals surface area (Å²) in [5, 5.41) is 0. The number of hydrogen-bond donors (Lipinski definition) is 1. The second-order valence-electron chi connectivity index (χ2n) is 3.85. The Hall–Kier alpha value is -2.14. The van der Waals surface area contributed by atoms with Crippen LogP contribution in [0.4, 0.5) is 5.69 Å². The van der Waals surface area contributed by atoms with E-state index in [-0.39, 0.29) is 19.2 Å². The zero-order chi connectivity index (χ0) is 12.5. The largest absolute Gasteiger partial charge is 0.496 e. The Morgan fingerprint density at radius 3 is 2.68 bits per heavy atom. The minimum atomic E-state index is 0. The number of methoxy groups -OCH3 is 1. The number of nitrogen functional groups attached to an aromatic ring is 1. The third-order valence-electron chi connectivity index (χ3n) is 2.79. The topological polar surface area (TPSA) is 66.6 Å². The molecule has 1 aromatic carbocycles. The first-order valence-electron chi connectivity index (χ1n) is 5.48. The number of halogens is 1. The van der Waals surface area contributed by atoms with Crippen molar-refractivity contribution in [2.45, 2.75) is 0 Å². The van der Waals surface area contributed by atoms with Crippen molar-refractivity contribution in [3.8, 4) is 28.5 Å². The number of nitrogens with zero attached hydrogens (tertiary/aromatic N) is 1. The smallest absolute Gasteiger partial charge is 0.231 e. The fourth-order valence-corrected chi connectivity index (χ4v) is 1.92. The molecule has 2 aromatic rings. The van der Waals surface area contributed by atoms with E-state index in [1.165, 1.54) is 0 Å². The maximum absolute atomic E-state index is 5.93. The van der Waals surface area contributed by atoms with Gasteiger partial charge in [-0.15, -0.1) is 12.4 Å². The Morgan fingerprint density at radius 1 is 1.26 bits per heavy atom. The van der Waals surface area contributed by atoms with E-state index in [9.17, 15) is 0 Å². The van der Waals surface area contributed by atoms with E-state index in [0.29, 0.717) is 28.6 Å². The maximum atomic E-state index is 5.93. The van der Waals surface area contributed by atoms with Gasteiger partial charge in [-0.2, -0.15) is 0 Å². The van der Waals surface area contributed by atoms with Gasteiger partial charge >= 0.3 is 0 Å². The van der Waals surface area contributed by atoms with Crippen molar-refractivity contribution >= 4 is 18.1 Å². The first-order valence-corrected chi connectivity index (χ1v) is 5.48. The minimum absolute atomic E-state index is 0. The van der Waals surface area contributed by atoms with Crippen LogP contribution in [0.25, 0.3) is 11.3 Å². The van der Waals surface area contributed by atoms with E-state index < -0.39 is 0 Å². The van der Waals surface area contributed by atoms with Crippen LogP contribution in [0.3, 0.4) is 0 Å². The van der Waals surface area contributed by atoms with Crippen molar-refractivity contribution < 1.29 is 14.2 Å². The van der Waals surface area contributed by atoms with Crippen molar-refractivity contribution in [1.29, 1.82) is 0 Å². The van der Waals surface area contributed by atoms with Gasteiger partial charge in [-0.1, -0.05) is 0 Å². The van der Waals surface area contributed by atoms with Crippen molar-refractivity contribution in [1.82, 2.24) is 4.98 Å². The number of fused-ring (bicyclic) bond motifs is 1. The summed E-state index contributed by atoms with van der Waals surface area (Å²) >= 11 is 0. The SMILES string of the molecule is COc1cc2c(cc1-c1ncccc1N)OCO2.Cl. The lowest BCUT2D eigenvalue weighted by molar-refractivity contribution is 0.174. The molecule has 0 amide bonds. The summed E-state index contributed by atoms with van der Waals surface area (Å²) in [6, 6.07) is 7.20. The molecule has 0 saturated heterocycles. The molecule has 1 aliphatic heterocycles. The quantitative estimate of drug-likeness (QED) is 0.915. The standard InChI is InChI=1S/C13H12N2O3.ClH/c1-16-10-6-12-11(17-7-18-12)5-8(10)13-9(14)3-2-4-15-13;/h2-6H,7,14H2,1H3;1H. The molecule has 6 heteroatoms. The lowest BCUT2D eigenvalue weighted by Crippen LogP contribution is -1.95. The van der Waals surface area contributed by atoms with Crippen LogP contribution in [0.15, 0.2) is 30.5 Å². The number of nitrogens with two attached hydrogens (primary N) is 1. The van der Waals surface area contributed by atoms with E-state index in [0.717, 1.165) is 5.56 Å². The second-order valence-corrected chi connectivity index (χ2v) is 3.85. The van der Waals surface area contributed by atoms with E-state index in [2.05, 4.69) is 4.98 Å². The van der Waals surface area contributed by atoms with E-state index in [1.807, 2.05) is 6.07 Å². The van der Waals surface area contributed by atoms with E-state index in [4.69, 9.17) is 19.9 Å². The van der Waals surface area contributed by atoms with Gasteiger partial charge in [0.25, 0.3) is 0 Å². The van der Waals surface area contributed by atoms with Gasteiger partial charge in [0.15, 0.2) is 11.5 Å². The van der Waals surface area contributed by atoms with Gasteiger partial charge in [0.05, 0.1) is 18.5 Å². The fraction of sp³-hybridized carbons (Fsp3) is 0.154. The average molecular weight is 281 g/mol. The normalized spacial score (nSPS) is 11.8. The first kappa shape index (κ1) is 13.3. The van der Waals surface area contributed by atoms with Crippen molar-refractivity contribution in [2.75, 3.05) is 19.6 Å². The predicted molar refractivity (Wildman–Crippen MR) is 74.0 cm³/mol. The second kappa shape index (κ2) is 5.24. The Kier molecular flexibility index (Phi) is 3.66. The summed E-state index contributed by atoms with van der Waals surface area (Å²) in [7, 11) is 1.60. The summed E-state index contributed by atoms with van der Waals surface area (Å²) in [6.07, 6.45) is 1.69. The molecule has 3 rings (SSSR count). The molecule has 0 bridgehead atoms. The number of rotatable bonds is 2. The van der Waals surface area contributed by atoms with Crippen LogP contribution in [-0.4, -0.2) is 18.9 Å². The van der Waals surface area contributed by atoms with Gasteiger partial charge in [-0.25, -0.2) is 0 Å². The molecule has 0 radical (unpaired) electrons. The van der Waals surface area contributed by atoms with Crippen LogP contribution in [0.2, 0.25) is 0 Å². The molecule has 0 saturated carbocycles. The van der Waals surface area contributed by atoms with Crippen LogP contribution >= 0.6 is 12.4 Å². The first-order chi connectivity index (χ1) is 8.79. The molecule has 0 fully saturated rings. The van der Waals surface area contributed by atoms with Crippen LogP contribution < -0.4 is 19.9 Å². The zero-order valence-electron chi connectivity index (χ0n) is 10.3.